The van der Waals surface area contributed by atoms with Gasteiger partial charge in [0.25, 0.3) is 10.1 Å². The van der Waals surface area contributed by atoms with E-state index in [9.17, 15) is 18.3 Å². The van der Waals surface area contributed by atoms with Crippen LogP contribution in [0.4, 0.5) is 0 Å². The second-order valence-electron chi connectivity index (χ2n) is 6.99. The molecule has 0 bridgehead atoms. The molecule has 0 spiro atoms. The van der Waals surface area contributed by atoms with Gasteiger partial charge in [0.2, 0.25) is 0 Å². The Hall–Kier alpha value is -1.44. The standard InChI is InChI=1S/C19H28O6S/c1-14-8-10-18(11-9-14)26(22,23)24-13-17(21)12-16-6-4-3-5-7-19(16)25-15(2)20/h8-11,16-17,19,21H,3-7,12-13H2,1-2H3/t16-,17+,19-/m0/s1. The van der Waals surface area contributed by atoms with E-state index in [1.54, 1.807) is 12.1 Å². The van der Waals surface area contributed by atoms with Gasteiger partial charge >= 0.3 is 5.97 Å². The number of aryl methyl sites for hydroxylation is 1. The number of esters is 1. The molecule has 146 valence electrons. The topological polar surface area (TPSA) is 89.9 Å². The number of hydrogen-bond acceptors (Lipinski definition) is 6. The minimum atomic E-state index is -3.90. The highest BCUT2D eigenvalue weighted by Gasteiger charge is 2.29. The number of ether oxygens (including phenoxy) is 1. The predicted molar refractivity (Wildman–Crippen MR) is 97.1 cm³/mol. The maximum atomic E-state index is 12.2. The van der Waals surface area contributed by atoms with E-state index in [1.807, 2.05) is 6.92 Å². The van der Waals surface area contributed by atoms with Gasteiger partial charge in [0.05, 0.1) is 17.6 Å². The lowest BCUT2D eigenvalue weighted by atomic mass is 9.91. The summed E-state index contributed by atoms with van der Waals surface area (Å²) in [4.78, 5) is 11.4. The van der Waals surface area contributed by atoms with Crippen molar-refractivity contribution in [1.82, 2.24) is 0 Å². The monoisotopic (exact) mass is 384 g/mol. The molecule has 26 heavy (non-hydrogen) atoms. The van der Waals surface area contributed by atoms with E-state index in [2.05, 4.69) is 0 Å². The van der Waals surface area contributed by atoms with Crippen molar-refractivity contribution >= 4 is 16.1 Å². The first-order chi connectivity index (χ1) is 12.3. The van der Waals surface area contributed by atoms with Gasteiger partial charge in [0.1, 0.15) is 6.10 Å². The lowest BCUT2D eigenvalue weighted by Gasteiger charge is -2.26. The van der Waals surface area contributed by atoms with Crippen LogP contribution in [0.15, 0.2) is 29.2 Å². The molecule has 0 unspecified atom stereocenters. The maximum absolute atomic E-state index is 12.2. The van der Waals surface area contributed by atoms with Crippen LogP contribution >= 0.6 is 0 Å². The summed E-state index contributed by atoms with van der Waals surface area (Å²) in [6.45, 7) is 2.95. The van der Waals surface area contributed by atoms with Crippen molar-refractivity contribution in [3.63, 3.8) is 0 Å². The van der Waals surface area contributed by atoms with Crippen LogP contribution < -0.4 is 0 Å². The number of carbonyl (C=O) groups excluding carboxylic acids is 1. The van der Waals surface area contributed by atoms with Crippen LogP contribution in [0.25, 0.3) is 0 Å². The van der Waals surface area contributed by atoms with Gasteiger partial charge < -0.3 is 9.84 Å². The summed E-state index contributed by atoms with van der Waals surface area (Å²) in [6, 6.07) is 6.36. The quantitative estimate of drug-likeness (QED) is 0.442. The third kappa shape index (κ3) is 6.37. The van der Waals surface area contributed by atoms with E-state index < -0.39 is 16.2 Å². The van der Waals surface area contributed by atoms with Crippen LogP contribution in [0.3, 0.4) is 0 Å². The highest BCUT2D eigenvalue weighted by molar-refractivity contribution is 7.86. The van der Waals surface area contributed by atoms with Gasteiger partial charge in [-0.3, -0.25) is 8.98 Å². The summed E-state index contributed by atoms with van der Waals surface area (Å²) in [5.41, 5.74) is 0.953. The van der Waals surface area contributed by atoms with Gasteiger partial charge in [0, 0.05) is 6.92 Å². The molecule has 2 rings (SSSR count). The molecule has 6 nitrogen and oxygen atoms in total. The summed E-state index contributed by atoms with van der Waals surface area (Å²) in [6.07, 6.45) is 3.89. The second kappa shape index (κ2) is 9.48. The molecule has 1 aromatic rings. The number of rotatable bonds is 7. The maximum Gasteiger partial charge on any atom is 0.302 e. The van der Waals surface area contributed by atoms with E-state index in [0.717, 1.165) is 37.7 Å². The molecule has 0 saturated heterocycles. The van der Waals surface area contributed by atoms with Crippen molar-refractivity contribution in [3.8, 4) is 0 Å². The predicted octanol–water partition coefficient (Wildman–Crippen LogP) is 2.96. The van der Waals surface area contributed by atoms with Crippen molar-refractivity contribution in [1.29, 1.82) is 0 Å². The SMILES string of the molecule is CC(=O)O[C@H]1CCCCC[C@H]1C[C@@H](O)COS(=O)(=O)c1ccc(C)cc1. The molecule has 0 amide bonds. The average Bonchev–Trinajstić information content (AvgIpc) is 2.78. The van der Waals surface area contributed by atoms with Gasteiger partial charge in [-0.25, -0.2) is 0 Å². The molecule has 7 heteroatoms. The van der Waals surface area contributed by atoms with Gasteiger partial charge in [0.15, 0.2) is 0 Å². The molecular formula is C19H28O6S. The Labute approximate surface area is 155 Å². The van der Waals surface area contributed by atoms with Gasteiger partial charge in [-0.15, -0.1) is 0 Å². The largest absolute Gasteiger partial charge is 0.462 e. The molecule has 0 aromatic heterocycles. The smallest absolute Gasteiger partial charge is 0.302 e. The van der Waals surface area contributed by atoms with Crippen LogP contribution in [0.1, 0.15) is 51.0 Å². The second-order valence-corrected chi connectivity index (χ2v) is 8.60. The Balaban J connectivity index is 1.92. The minimum Gasteiger partial charge on any atom is -0.462 e. The number of carbonyl (C=O) groups is 1. The van der Waals surface area contributed by atoms with E-state index >= 15 is 0 Å². The Morgan fingerprint density at radius 3 is 2.50 bits per heavy atom. The van der Waals surface area contributed by atoms with Crippen LogP contribution in [0.5, 0.6) is 0 Å². The summed E-state index contributed by atoms with van der Waals surface area (Å²) in [7, 11) is -3.90. The fourth-order valence-corrected chi connectivity index (χ4v) is 4.29. The Morgan fingerprint density at radius 2 is 1.85 bits per heavy atom. The summed E-state index contributed by atoms with van der Waals surface area (Å²) in [5.74, 6) is -0.309. The van der Waals surface area contributed by atoms with Crippen molar-refractivity contribution < 1.29 is 27.2 Å². The molecule has 1 saturated carbocycles. The molecule has 1 aromatic carbocycles. The van der Waals surface area contributed by atoms with Crippen molar-refractivity contribution in [2.75, 3.05) is 6.61 Å². The zero-order valence-electron chi connectivity index (χ0n) is 15.4. The minimum absolute atomic E-state index is 0.0158. The molecule has 0 heterocycles. The molecule has 1 N–H and O–H groups in total. The number of aliphatic hydroxyl groups excluding tert-OH is 1. The summed E-state index contributed by atoms with van der Waals surface area (Å²) >= 11 is 0. The van der Waals surface area contributed by atoms with Crippen molar-refractivity contribution in [2.24, 2.45) is 5.92 Å². The first-order valence-electron chi connectivity index (χ1n) is 9.09. The Bertz CT molecular complexity index is 682. The number of hydrogen-bond donors (Lipinski definition) is 1. The zero-order chi connectivity index (χ0) is 19.2. The fraction of sp³-hybridized carbons (Fsp3) is 0.632. The zero-order valence-corrected chi connectivity index (χ0v) is 16.2. The Morgan fingerprint density at radius 1 is 1.19 bits per heavy atom. The first kappa shape index (κ1) is 20.9. The molecule has 0 aliphatic heterocycles. The third-order valence-electron chi connectivity index (χ3n) is 4.71. The van der Waals surface area contributed by atoms with Crippen molar-refractivity contribution in [2.45, 2.75) is 69.5 Å². The lowest BCUT2D eigenvalue weighted by Crippen LogP contribution is -2.30. The van der Waals surface area contributed by atoms with Gasteiger partial charge in [-0.1, -0.05) is 30.5 Å². The van der Waals surface area contributed by atoms with Gasteiger partial charge in [-0.2, -0.15) is 8.42 Å². The molecule has 1 fully saturated rings. The highest BCUT2D eigenvalue weighted by Crippen LogP contribution is 2.29. The van der Waals surface area contributed by atoms with E-state index in [1.165, 1.54) is 19.1 Å². The summed E-state index contributed by atoms with van der Waals surface area (Å²) in [5, 5.41) is 10.3. The van der Waals surface area contributed by atoms with E-state index in [-0.39, 0.29) is 29.5 Å². The first-order valence-corrected chi connectivity index (χ1v) is 10.5. The Kier molecular flexibility index (Phi) is 7.61. The highest BCUT2D eigenvalue weighted by atomic mass is 32.2. The molecule has 0 radical (unpaired) electrons. The van der Waals surface area contributed by atoms with E-state index in [0.29, 0.717) is 6.42 Å². The average molecular weight is 384 g/mol. The third-order valence-corrected chi connectivity index (χ3v) is 6.00. The van der Waals surface area contributed by atoms with Crippen LogP contribution in [0, 0.1) is 12.8 Å². The lowest BCUT2D eigenvalue weighted by molar-refractivity contribution is -0.150. The number of aliphatic hydroxyl groups is 1. The molecular weight excluding hydrogens is 356 g/mol. The molecule has 1 aliphatic carbocycles. The van der Waals surface area contributed by atoms with E-state index in [4.69, 9.17) is 8.92 Å². The van der Waals surface area contributed by atoms with Crippen molar-refractivity contribution in [3.05, 3.63) is 29.8 Å². The fourth-order valence-electron chi connectivity index (χ4n) is 3.35. The molecule has 1 aliphatic rings. The normalized spacial score (nSPS) is 22.4. The van der Waals surface area contributed by atoms with Gasteiger partial charge in [-0.05, 0) is 50.7 Å². The summed E-state index contributed by atoms with van der Waals surface area (Å²) < 4.78 is 34.8. The van der Waals surface area contributed by atoms with Crippen LogP contribution in [-0.4, -0.2) is 38.3 Å². The van der Waals surface area contributed by atoms with Crippen LogP contribution in [0.2, 0.25) is 0 Å². The van der Waals surface area contributed by atoms with Crippen LogP contribution in [-0.2, 0) is 23.8 Å². The number of benzene rings is 1. The molecule has 3 atom stereocenters.